The van der Waals surface area contributed by atoms with Gasteiger partial charge in [0, 0.05) is 0 Å². The van der Waals surface area contributed by atoms with Gasteiger partial charge < -0.3 is 16.2 Å². The van der Waals surface area contributed by atoms with Crippen LogP contribution in [0.15, 0.2) is 12.1 Å². The number of hydrogen-bond acceptors (Lipinski definition) is 3. The van der Waals surface area contributed by atoms with Gasteiger partial charge in [-0.2, -0.15) is 0 Å². The average Bonchev–Trinajstić information content (AvgIpc) is 2.45. The maximum absolute atomic E-state index is 11.0. The SMILES string of the molecule is Nc1cc(C(=O)O)cc2c1NC(=O)C2. The zero-order valence-corrected chi connectivity index (χ0v) is 7.20. The molecule has 1 aliphatic heterocycles. The van der Waals surface area contributed by atoms with Gasteiger partial charge in [0.1, 0.15) is 0 Å². The number of carbonyl (C=O) groups is 2. The van der Waals surface area contributed by atoms with Crippen molar-refractivity contribution in [3.05, 3.63) is 23.3 Å². The van der Waals surface area contributed by atoms with Crippen molar-refractivity contribution in [2.75, 3.05) is 11.1 Å². The van der Waals surface area contributed by atoms with Crippen LogP contribution in [0.2, 0.25) is 0 Å². The maximum Gasteiger partial charge on any atom is 0.335 e. The third kappa shape index (κ3) is 1.19. The van der Waals surface area contributed by atoms with E-state index in [9.17, 15) is 9.59 Å². The van der Waals surface area contributed by atoms with Crippen LogP contribution < -0.4 is 11.1 Å². The Kier molecular flexibility index (Phi) is 1.67. The van der Waals surface area contributed by atoms with E-state index >= 15 is 0 Å². The van der Waals surface area contributed by atoms with E-state index < -0.39 is 5.97 Å². The second kappa shape index (κ2) is 2.73. The van der Waals surface area contributed by atoms with E-state index in [1.54, 1.807) is 0 Å². The van der Waals surface area contributed by atoms with Crippen molar-refractivity contribution in [1.82, 2.24) is 0 Å². The molecule has 14 heavy (non-hydrogen) atoms. The summed E-state index contributed by atoms with van der Waals surface area (Å²) >= 11 is 0. The van der Waals surface area contributed by atoms with E-state index in [2.05, 4.69) is 5.32 Å². The van der Waals surface area contributed by atoms with Crippen LogP contribution in [0.25, 0.3) is 0 Å². The highest BCUT2D eigenvalue weighted by atomic mass is 16.4. The largest absolute Gasteiger partial charge is 0.478 e. The Morgan fingerprint density at radius 2 is 2.21 bits per heavy atom. The van der Waals surface area contributed by atoms with Crippen molar-refractivity contribution in [2.45, 2.75) is 6.42 Å². The van der Waals surface area contributed by atoms with Crippen molar-refractivity contribution in [2.24, 2.45) is 0 Å². The lowest BCUT2D eigenvalue weighted by atomic mass is 10.1. The van der Waals surface area contributed by atoms with Crippen molar-refractivity contribution < 1.29 is 14.7 Å². The fourth-order valence-electron chi connectivity index (χ4n) is 1.50. The Morgan fingerprint density at radius 1 is 1.50 bits per heavy atom. The topological polar surface area (TPSA) is 92.4 Å². The third-order valence-electron chi connectivity index (χ3n) is 2.11. The number of nitrogen functional groups attached to an aromatic ring is 1. The fourth-order valence-corrected chi connectivity index (χ4v) is 1.50. The first-order valence-corrected chi connectivity index (χ1v) is 4.03. The van der Waals surface area contributed by atoms with Crippen LogP contribution in [-0.2, 0) is 11.2 Å². The summed E-state index contributed by atoms with van der Waals surface area (Å²) in [4.78, 5) is 21.7. The van der Waals surface area contributed by atoms with Crippen LogP contribution in [0.5, 0.6) is 0 Å². The number of rotatable bonds is 1. The summed E-state index contributed by atoms with van der Waals surface area (Å²) in [5.74, 6) is -1.20. The fraction of sp³-hybridized carbons (Fsp3) is 0.111. The van der Waals surface area contributed by atoms with Gasteiger partial charge in [-0.05, 0) is 17.7 Å². The Hall–Kier alpha value is -2.04. The molecule has 1 amide bonds. The zero-order chi connectivity index (χ0) is 10.3. The molecule has 0 saturated heterocycles. The van der Waals surface area contributed by atoms with Crippen LogP contribution in [0.3, 0.4) is 0 Å². The lowest BCUT2D eigenvalue weighted by Crippen LogP contribution is -2.05. The Bertz CT molecular complexity index is 440. The van der Waals surface area contributed by atoms with Crippen LogP contribution in [-0.4, -0.2) is 17.0 Å². The molecule has 5 nitrogen and oxygen atoms in total. The maximum atomic E-state index is 11.0. The smallest absolute Gasteiger partial charge is 0.335 e. The first-order valence-electron chi connectivity index (χ1n) is 4.03. The number of nitrogens with two attached hydrogens (primary N) is 1. The van der Waals surface area contributed by atoms with Crippen LogP contribution in [0, 0.1) is 0 Å². The summed E-state index contributed by atoms with van der Waals surface area (Å²) in [6.45, 7) is 0. The molecule has 1 aromatic rings. The Balaban J connectivity index is 2.56. The number of carboxylic acids is 1. The number of carboxylic acid groups (broad SMARTS) is 1. The molecule has 72 valence electrons. The van der Waals surface area contributed by atoms with Crippen molar-refractivity contribution in [3.63, 3.8) is 0 Å². The first-order chi connectivity index (χ1) is 6.58. The predicted molar refractivity (Wildman–Crippen MR) is 50.1 cm³/mol. The van der Waals surface area contributed by atoms with Gasteiger partial charge in [-0.15, -0.1) is 0 Å². The van der Waals surface area contributed by atoms with Crippen molar-refractivity contribution >= 4 is 23.3 Å². The molecule has 0 unspecified atom stereocenters. The molecule has 0 radical (unpaired) electrons. The van der Waals surface area contributed by atoms with Crippen LogP contribution in [0.1, 0.15) is 15.9 Å². The van der Waals surface area contributed by atoms with Crippen LogP contribution in [0.4, 0.5) is 11.4 Å². The summed E-state index contributed by atoms with van der Waals surface area (Å²) in [6, 6.07) is 2.80. The normalized spacial score (nSPS) is 13.6. The van der Waals surface area contributed by atoms with E-state index in [0.717, 1.165) is 0 Å². The second-order valence-corrected chi connectivity index (χ2v) is 3.13. The molecule has 0 aliphatic carbocycles. The number of nitrogens with one attached hydrogen (secondary N) is 1. The highest BCUT2D eigenvalue weighted by molar-refractivity contribution is 6.04. The summed E-state index contributed by atoms with van der Waals surface area (Å²) in [7, 11) is 0. The first kappa shape index (κ1) is 8.55. The van der Waals surface area contributed by atoms with E-state index in [1.807, 2.05) is 0 Å². The average molecular weight is 192 g/mol. The molecule has 0 saturated carbocycles. The third-order valence-corrected chi connectivity index (χ3v) is 2.11. The molecule has 5 heteroatoms. The lowest BCUT2D eigenvalue weighted by Gasteiger charge is -2.04. The van der Waals surface area contributed by atoms with Gasteiger partial charge in [-0.1, -0.05) is 0 Å². The molecule has 2 rings (SSSR count). The van der Waals surface area contributed by atoms with E-state index in [-0.39, 0.29) is 17.9 Å². The molecule has 0 fully saturated rings. The molecule has 4 N–H and O–H groups in total. The number of amides is 1. The number of carbonyl (C=O) groups excluding carboxylic acids is 1. The van der Waals surface area contributed by atoms with Gasteiger partial charge in [-0.25, -0.2) is 4.79 Å². The number of fused-ring (bicyclic) bond motifs is 1. The van der Waals surface area contributed by atoms with Crippen molar-refractivity contribution in [3.8, 4) is 0 Å². The van der Waals surface area contributed by atoms with Gasteiger partial charge in [0.25, 0.3) is 0 Å². The minimum atomic E-state index is -1.04. The molecule has 0 atom stereocenters. The molecule has 1 aliphatic rings. The molecule has 0 aromatic heterocycles. The van der Waals surface area contributed by atoms with Gasteiger partial charge >= 0.3 is 5.97 Å². The van der Waals surface area contributed by atoms with Crippen LogP contribution >= 0.6 is 0 Å². The van der Waals surface area contributed by atoms with Gasteiger partial charge in [0.15, 0.2) is 0 Å². The van der Waals surface area contributed by atoms with E-state index in [1.165, 1.54) is 12.1 Å². The molecule has 0 bridgehead atoms. The summed E-state index contributed by atoms with van der Waals surface area (Å²) in [6.07, 6.45) is 0.195. The van der Waals surface area contributed by atoms with Crippen molar-refractivity contribution in [1.29, 1.82) is 0 Å². The standard InChI is InChI=1S/C9H8N2O3/c10-6-2-5(9(13)14)1-4-3-7(12)11-8(4)6/h1-2H,3,10H2,(H,11,12)(H,13,14). The number of anilines is 2. The summed E-state index contributed by atoms with van der Waals surface area (Å²) in [5.41, 5.74) is 7.19. The Morgan fingerprint density at radius 3 is 2.86 bits per heavy atom. The highest BCUT2D eigenvalue weighted by Crippen LogP contribution is 2.30. The molecular weight excluding hydrogens is 184 g/mol. The Labute approximate surface area is 79.5 Å². The highest BCUT2D eigenvalue weighted by Gasteiger charge is 2.21. The number of hydrogen-bond donors (Lipinski definition) is 3. The second-order valence-electron chi connectivity index (χ2n) is 3.13. The zero-order valence-electron chi connectivity index (χ0n) is 7.20. The predicted octanol–water partition coefficient (Wildman–Crippen LogP) is 0.462. The van der Waals surface area contributed by atoms with Gasteiger partial charge in [0.05, 0.1) is 23.4 Å². The summed E-state index contributed by atoms with van der Waals surface area (Å²) in [5, 5.41) is 11.3. The van der Waals surface area contributed by atoms with Gasteiger partial charge in [0.2, 0.25) is 5.91 Å². The monoisotopic (exact) mass is 192 g/mol. The lowest BCUT2D eigenvalue weighted by molar-refractivity contribution is -0.115. The molecular formula is C9H8N2O3. The number of aromatic carboxylic acids is 1. The molecule has 0 spiro atoms. The van der Waals surface area contributed by atoms with E-state index in [4.69, 9.17) is 10.8 Å². The number of benzene rings is 1. The van der Waals surface area contributed by atoms with Gasteiger partial charge in [-0.3, -0.25) is 4.79 Å². The summed E-state index contributed by atoms with van der Waals surface area (Å²) < 4.78 is 0. The quantitative estimate of drug-likeness (QED) is 0.563. The molecule has 1 heterocycles. The minimum Gasteiger partial charge on any atom is -0.478 e. The van der Waals surface area contributed by atoms with E-state index in [0.29, 0.717) is 16.9 Å². The molecule has 1 aromatic carbocycles. The minimum absolute atomic E-state index is 0.109.